The van der Waals surface area contributed by atoms with Gasteiger partial charge in [0.2, 0.25) is 0 Å². The number of aliphatic hydroxyl groups excluding tert-OH is 1. The zero-order valence-electron chi connectivity index (χ0n) is 12.5. The van der Waals surface area contributed by atoms with Crippen LogP contribution >= 0.6 is 0 Å². The van der Waals surface area contributed by atoms with Crippen LogP contribution in [0.25, 0.3) is 0 Å². The summed E-state index contributed by atoms with van der Waals surface area (Å²) in [5.41, 5.74) is 0.321. The van der Waals surface area contributed by atoms with Crippen LogP contribution in [0.5, 0.6) is 0 Å². The van der Waals surface area contributed by atoms with Crippen molar-refractivity contribution < 1.29 is 5.11 Å². The van der Waals surface area contributed by atoms with Crippen LogP contribution in [-0.4, -0.2) is 49.3 Å². The van der Waals surface area contributed by atoms with E-state index in [0.29, 0.717) is 11.5 Å². The zero-order chi connectivity index (χ0) is 13.4. The first-order chi connectivity index (χ1) is 8.65. The molecule has 0 radical (unpaired) electrons. The summed E-state index contributed by atoms with van der Waals surface area (Å²) in [5, 5.41) is 12.6. The number of aliphatic hydroxyl groups is 1. The standard InChI is InChI=1S/C15H32N2O/c1-4-15(2,12-16-3)13-17(10-11-18)14-8-6-5-7-9-14/h14,16,18H,4-13H2,1-3H3. The fraction of sp³-hybridized carbons (Fsp3) is 1.00. The van der Waals surface area contributed by atoms with Crippen molar-refractivity contribution in [3.05, 3.63) is 0 Å². The third-order valence-corrected chi connectivity index (χ3v) is 4.52. The van der Waals surface area contributed by atoms with Gasteiger partial charge in [0.05, 0.1) is 6.61 Å². The Labute approximate surface area is 113 Å². The van der Waals surface area contributed by atoms with E-state index < -0.39 is 0 Å². The van der Waals surface area contributed by atoms with Gasteiger partial charge >= 0.3 is 0 Å². The summed E-state index contributed by atoms with van der Waals surface area (Å²) in [4.78, 5) is 2.54. The van der Waals surface area contributed by atoms with E-state index in [2.05, 4.69) is 24.1 Å². The molecule has 1 aliphatic carbocycles. The van der Waals surface area contributed by atoms with Gasteiger partial charge in [0.25, 0.3) is 0 Å². The Bertz CT molecular complexity index is 217. The third-order valence-electron chi connectivity index (χ3n) is 4.52. The van der Waals surface area contributed by atoms with Gasteiger partial charge in [-0.3, -0.25) is 4.90 Å². The molecule has 0 amide bonds. The predicted octanol–water partition coefficient (Wildman–Crippen LogP) is 2.25. The second-order valence-electron chi connectivity index (χ2n) is 6.18. The lowest BCUT2D eigenvalue weighted by Crippen LogP contribution is -2.47. The highest BCUT2D eigenvalue weighted by Gasteiger charge is 2.29. The van der Waals surface area contributed by atoms with Crippen molar-refractivity contribution in [3.63, 3.8) is 0 Å². The zero-order valence-corrected chi connectivity index (χ0v) is 12.5. The molecule has 3 heteroatoms. The maximum atomic E-state index is 9.31. The van der Waals surface area contributed by atoms with E-state index in [9.17, 15) is 5.11 Å². The number of hydrogen-bond donors (Lipinski definition) is 2. The van der Waals surface area contributed by atoms with Gasteiger partial charge in [0.15, 0.2) is 0 Å². The molecule has 0 aromatic heterocycles. The summed E-state index contributed by atoms with van der Waals surface area (Å²) in [5.74, 6) is 0. The summed E-state index contributed by atoms with van der Waals surface area (Å²) in [6, 6.07) is 0.702. The Hall–Kier alpha value is -0.120. The molecule has 0 spiro atoms. The van der Waals surface area contributed by atoms with E-state index in [-0.39, 0.29) is 6.61 Å². The Kier molecular flexibility index (Phi) is 7.20. The van der Waals surface area contributed by atoms with Gasteiger partial charge < -0.3 is 10.4 Å². The number of rotatable bonds is 8. The second-order valence-corrected chi connectivity index (χ2v) is 6.18. The molecule has 0 heterocycles. The molecule has 1 rings (SSSR count). The fourth-order valence-electron chi connectivity index (χ4n) is 3.18. The molecule has 1 atom stereocenters. The molecule has 2 N–H and O–H groups in total. The molecule has 108 valence electrons. The van der Waals surface area contributed by atoms with E-state index in [1.807, 2.05) is 7.05 Å². The molecule has 1 unspecified atom stereocenters. The highest BCUT2D eigenvalue weighted by molar-refractivity contribution is 4.84. The van der Waals surface area contributed by atoms with Crippen molar-refractivity contribution in [1.82, 2.24) is 10.2 Å². The van der Waals surface area contributed by atoms with Crippen LogP contribution < -0.4 is 5.32 Å². The molecular formula is C15H32N2O. The molecular weight excluding hydrogens is 224 g/mol. The van der Waals surface area contributed by atoms with Gasteiger partial charge in [-0.2, -0.15) is 0 Å². The van der Waals surface area contributed by atoms with Crippen LogP contribution in [0.1, 0.15) is 52.4 Å². The maximum absolute atomic E-state index is 9.31. The van der Waals surface area contributed by atoms with Crippen molar-refractivity contribution in [2.75, 3.05) is 33.3 Å². The predicted molar refractivity (Wildman–Crippen MR) is 77.9 cm³/mol. The number of hydrogen-bond acceptors (Lipinski definition) is 3. The van der Waals surface area contributed by atoms with Crippen molar-refractivity contribution >= 4 is 0 Å². The summed E-state index contributed by atoms with van der Waals surface area (Å²) in [7, 11) is 2.03. The minimum Gasteiger partial charge on any atom is -0.395 e. The molecule has 0 aromatic carbocycles. The van der Waals surface area contributed by atoms with Crippen LogP contribution in [0.3, 0.4) is 0 Å². The van der Waals surface area contributed by atoms with Crippen LogP contribution in [0.2, 0.25) is 0 Å². The van der Waals surface area contributed by atoms with E-state index in [1.54, 1.807) is 0 Å². The molecule has 18 heavy (non-hydrogen) atoms. The average molecular weight is 256 g/mol. The number of nitrogens with zero attached hydrogens (tertiary/aromatic N) is 1. The minimum absolute atomic E-state index is 0.288. The molecule has 1 fully saturated rings. The Morgan fingerprint density at radius 3 is 2.44 bits per heavy atom. The smallest absolute Gasteiger partial charge is 0.0558 e. The van der Waals surface area contributed by atoms with Gasteiger partial charge in [-0.1, -0.05) is 33.1 Å². The van der Waals surface area contributed by atoms with Crippen molar-refractivity contribution in [2.45, 2.75) is 58.4 Å². The Morgan fingerprint density at radius 2 is 1.94 bits per heavy atom. The lowest BCUT2D eigenvalue weighted by atomic mass is 9.85. The monoisotopic (exact) mass is 256 g/mol. The van der Waals surface area contributed by atoms with E-state index in [1.165, 1.54) is 38.5 Å². The molecule has 1 saturated carbocycles. The molecule has 0 aromatic rings. The van der Waals surface area contributed by atoms with Gasteiger partial charge in [0.1, 0.15) is 0 Å². The summed E-state index contributed by atoms with van der Waals surface area (Å²) < 4.78 is 0. The first kappa shape index (κ1) is 15.9. The quantitative estimate of drug-likeness (QED) is 0.699. The van der Waals surface area contributed by atoms with Gasteiger partial charge in [-0.15, -0.1) is 0 Å². The van der Waals surface area contributed by atoms with Gasteiger partial charge in [0, 0.05) is 25.7 Å². The normalized spacial score (nSPS) is 21.2. The van der Waals surface area contributed by atoms with Crippen LogP contribution in [0.4, 0.5) is 0 Å². The highest BCUT2D eigenvalue weighted by atomic mass is 16.3. The number of nitrogens with one attached hydrogen (secondary N) is 1. The molecule has 0 saturated heterocycles. The van der Waals surface area contributed by atoms with Crippen molar-refractivity contribution in [1.29, 1.82) is 0 Å². The maximum Gasteiger partial charge on any atom is 0.0558 e. The third kappa shape index (κ3) is 4.87. The largest absolute Gasteiger partial charge is 0.395 e. The van der Waals surface area contributed by atoms with Gasteiger partial charge in [-0.05, 0) is 31.7 Å². The van der Waals surface area contributed by atoms with Crippen molar-refractivity contribution in [3.8, 4) is 0 Å². The van der Waals surface area contributed by atoms with Crippen LogP contribution in [0.15, 0.2) is 0 Å². The first-order valence-corrected chi connectivity index (χ1v) is 7.64. The summed E-state index contributed by atoms with van der Waals surface area (Å²) in [6.07, 6.45) is 7.94. The molecule has 0 bridgehead atoms. The van der Waals surface area contributed by atoms with E-state index in [4.69, 9.17) is 0 Å². The first-order valence-electron chi connectivity index (χ1n) is 7.64. The van der Waals surface area contributed by atoms with Crippen LogP contribution in [-0.2, 0) is 0 Å². The van der Waals surface area contributed by atoms with E-state index in [0.717, 1.165) is 19.6 Å². The minimum atomic E-state index is 0.288. The second kappa shape index (κ2) is 8.13. The molecule has 3 nitrogen and oxygen atoms in total. The SMILES string of the molecule is CCC(C)(CNC)CN(CCO)C1CCCCC1. The Balaban J connectivity index is 2.59. The average Bonchev–Trinajstić information content (AvgIpc) is 2.40. The molecule has 0 aliphatic heterocycles. The van der Waals surface area contributed by atoms with Crippen LogP contribution in [0, 0.1) is 5.41 Å². The van der Waals surface area contributed by atoms with Gasteiger partial charge in [-0.25, -0.2) is 0 Å². The highest BCUT2D eigenvalue weighted by Crippen LogP contribution is 2.27. The summed E-state index contributed by atoms with van der Waals surface area (Å²) >= 11 is 0. The Morgan fingerprint density at radius 1 is 1.28 bits per heavy atom. The fourth-order valence-corrected chi connectivity index (χ4v) is 3.18. The molecule has 1 aliphatic rings. The van der Waals surface area contributed by atoms with E-state index >= 15 is 0 Å². The lowest BCUT2D eigenvalue weighted by molar-refractivity contribution is 0.0748. The summed E-state index contributed by atoms with van der Waals surface area (Å²) in [6.45, 7) is 7.92. The topological polar surface area (TPSA) is 35.5 Å². The lowest BCUT2D eigenvalue weighted by Gasteiger charge is -2.40. The van der Waals surface area contributed by atoms with Crippen molar-refractivity contribution in [2.24, 2.45) is 5.41 Å².